The van der Waals surface area contributed by atoms with Crippen LogP contribution in [0.1, 0.15) is 24.8 Å². The summed E-state index contributed by atoms with van der Waals surface area (Å²) in [5, 5.41) is 19.4. The Morgan fingerprint density at radius 3 is 2.38 bits per heavy atom. The van der Waals surface area contributed by atoms with Gasteiger partial charge in [-0.05, 0) is 36.5 Å². The standard InChI is InChI=1S/C12H13BrO3/c13-10-5-3-9(4-6-10)12(16,7-11(14)15)8-1-2-8/h3-6,8,16H,1-2,7H2,(H,14,15). The molecule has 0 spiro atoms. The number of benzene rings is 1. The first-order valence-corrected chi connectivity index (χ1v) is 6.02. The molecule has 16 heavy (non-hydrogen) atoms. The van der Waals surface area contributed by atoms with Gasteiger partial charge in [-0.1, -0.05) is 28.1 Å². The first kappa shape index (κ1) is 11.6. The second-order valence-corrected chi connectivity index (χ2v) is 5.19. The highest BCUT2D eigenvalue weighted by Gasteiger charge is 2.46. The number of carboxylic acid groups (broad SMARTS) is 1. The van der Waals surface area contributed by atoms with E-state index in [4.69, 9.17) is 5.11 Å². The van der Waals surface area contributed by atoms with Crippen LogP contribution in [-0.2, 0) is 10.4 Å². The second kappa shape index (κ2) is 4.18. The lowest BCUT2D eigenvalue weighted by atomic mass is 9.86. The van der Waals surface area contributed by atoms with Crippen molar-refractivity contribution in [3.63, 3.8) is 0 Å². The summed E-state index contributed by atoms with van der Waals surface area (Å²) >= 11 is 3.32. The highest BCUT2D eigenvalue weighted by Crippen LogP contribution is 2.47. The predicted octanol–water partition coefficient (Wildman–Crippen LogP) is 2.52. The summed E-state index contributed by atoms with van der Waals surface area (Å²) in [5.41, 5.74) is -0.507. The van der Waals surface area contributed by atoms with E-state index in [9.17, 15) is 9.90 Å². The molecule has 1 saturated carbocycles. The lowest BCUT2D eigenvalue weighted by Crippen LogP contribution is -2.31. The SMILES string of the molecule is O=C(O)CC(O)(c1ccc(Br)cc1)C1CC1. The molecule has 0 radical (unpaired) electrons. The summed E-state index contributed by atoms with van der Waals surface area (Å²) in [6.07, 6.45) is 1.58. The smallest absolute Gasteiger partial charge is 0.306 e. The molecule has 2 N–H and O–H groups in total. The number of hydrogen-bond donors (Lipinski definition) is 2. The minimum absolute atomic E-state index is 0.0878. The fourth-order valence-electron chi connectivity index (χ4n) is 2.01. The van der Waals surface area contributed by atoms with Gasteiger partial charge in [-0.15, -0.1) is 0 Å². The zero-order valence-corrected chi connectivity index (χ0v) is 10.3. The molecule has 4 heteroatoms. The molecule has 3 nitrogen and oxygen atoms in total. The first-order valence-electron chi connectivity index (χ1n) is 5.22. The van der Waals surface area contributed by atoms with Crippen LogP contribution in [0.5, 0.6) is 0 Å². The van der Waals surface area contributed by atoms with E-state index in [-0.39, 0.29) is 12.3 Å². The van der Waals surface area contributed by atoms with Gasteiger partial charge in [0.25, 0.3) is 0 Å². The van der Waals surface area contributed by atoms with Crippen molar-refractivity contribution < 1.29 is 15.0 Å². The van der Waals surface area contributed by atoms with Crippen LogP contribution < -0.4 is 0 Å². The van der Waals surface area contributed by atoms with Gasteiger partial charge in [-0.2, -0.15) is 0 Å². The van der Waals surface area contributed by atoms with Gasteiger partial charge in [0.15, 0.2) is 0 Å². The Morgan fingerprint density at radius 1 is 1.38 bits per heavy atom. The summed E-state index contributed by atoms with van der Waals surface area (Å²) < 4.78 is 0.921. The average Bonchev–Trinajstić information content (AvgIpc) is 3.00. The number of halogens is 1. The van der Waals surface area contributed by atoms with E-state index < -0.39 is 11.6 Å². The Labute approximate surface area is 102 Å². The van der Waals surface area contributed by atoms with E-state index in [1.165, 1.54) is 0 Å². The van der Waals surface area contributed by atoms with E-state index in [1.54, 1.807) is 12.1 Å². The highest BCUT2D eigenvalue weighted by atomic mass is 79.9. The molecule has 1 aliphatic carbocycles. The van der Waals surface area contributed by atoms with Crippen molar-refractivity contribution in [3.8, 4) is 0 Å². The predicted molar refractivity (Wildman–Crippen MR) is 63.0 cm³/mol. The normalized spacial score (nSPS) is 19.1. The van der Waals surface area contributed by atoms with Crippen molar-refractivity contribution in [2.75, 3.05) is 0 Å². The van der Waals surface area contributed by atoms with Gasteiger partial charge in [0.05, 0.1) is 6.42 Å². The zero-order valence-electron chi connectivity index (χ0n) is 8.69. The number of carboxylic acids is 1. The number of rotatable bonds is 4. The van der Waals surface area contributed by atoms with E-state index in [2.05, 4.69) is 15.9 Å². The van der Waals surface area contributed by atoms with Crippen molar-refractivity contribution in [1.29, 1.82) is 0 Å². The Hall–Kier alpha value is -0.870. The molecule has 0 heterocycles. The van der Waals surface area contributed by atoms with E-state index in [0.717, 1.165) is 17.3 Å². The molecular formula is C12H13BrO3. The van der Waals surface area contributed by atoms with Crippen molar-refractivity contribution in [2.45, 2.75) is 24.9 Å². The van der Waals surface area contributed by atoms with E-state index in [1.807, 2.05) is 12.1 Å². The molecule has 1 aromatic carbocycles. The molecule has 0 amide bonds. The lowest BCUT2D eigenvalue weighted by Gasteiger charge is -2.27. The highest BCUT2D eigenvalue weighted by molar-refractivity contribution is 9.10. The summed E-state index contributed by atoms with van der Waals surface area (Å²) in [7, 11) is 0. The lowest BCUT2D eigenvalue weighted by molar-refractivity contribution is -0.144. The molecular weight excluding hydrogens is 272 g/mol. The monoisotopic (exact) mass is 284 g/mol. The zero-order chi connectivity index (χ0) is 11.8. The Balaban J connectivity index is 2.31. The molecule has 1 atom stereocenters. The van der Waals surface area contributed by atoms with Crippen LogP contribution in [0.2, 0.25) is 0 Å². The number of hydrogen-bond acceptors (Lipinski definition) is 2. The molecule has 1 aromatic rings. The summed E-state index contributed by atoms with van der Waals surface area (Å²) in [6, 6.07) is 7.21. The number of aliphatic carboxylic acids is 1. The molecule has 0 aromatic heterocycles. The summed E-state index contributed by atoms with van der Waals surface area (Å²) in [6.45, 7) is 0. The van der Waals surface area contributed by atoms with Crippen LogP contribution in [-0.4, -0.2) is 16.2 Å². The van der Waals surface area contributed by atoms with Gasteiger partial charge < -0.3 is 10.2 Å². The van der Waals surface area contributed by atoms with Crippen LogP contribution in [0.25, 0.3) is 0 Å². The number of aliphatic hydroxyl groups is 1. The minimum atomic E-state index is -1.20. The fraction of sp³-hybridized carbons (Fsp3) is 0.417. The maximum absolute atomic E-state index is 10.8. The van der Waals surface area contributed by atoms with E-state index in [0.29, 0.717) is 5.56 Å². The van der Waals surface area contributed by atoms with Crippen LogP contribution >= 0.6 is 15.9 Å². The van der Waals surface area contributed by atoms with Crippen molar-refractivity contribution in [3.05, 3.63) is 34.3 Å². The van der Waals surface area contributed by atoms with Crippen LogP contribution in [0.4, 0.5) is 0 Å². The molecule has 0 saturated heterocycles. The third kappa shape index (κ3) is 2.28. The van der Waals surface area contributed by atoms with E-state index >= 15 is 0 Å². The van der Waals surface area contributed by atoms with Gasteiger partial charge in [0, 0.05) is 4.47 Å². The molecule has 1 unspecified atom stereocenters. The Morgan fingerprint density at radius 2 is 1.94 bits per heavy atom. The van der Waals surface area contributed by atoms with Crippen molar-refractivity contribution >= 4 is 21.9 Å². The molecule has 0 bridgehead atoms. The maximum Gasteiger partial charge on any atom is 0.306 e. The topological polar surface area (TPSA) is 57.5 Å². The third-order valence-corrected chi connectivity index (χ3v) is 3.55. The summed E-state index contributed by atoms with van der Waals surface area (Å²) in [4.78, 5) is 10.8. The average molecular weight is 285 g/mol. The van der Waals surface area contributed by atoms with Crippen molar-refractivity contribution in [2.24, 2.45) is 5.92 Å². The van der Waals surface area contributed by atoms with Gasteiger partial charge >= 0.3 is 5.97 Å². The maximum atomic E-state index is 10.8. The second-order valence-electron chi connectivity index (χ2n) is 4.28. The number of carbonyl (C=O) groups is 1. The molecule has 1 fully saturated rings. The molecule has 86 valence electrons. The van der Waals surface area contributed by atoms with Crippen LogP contribution in [0, 0.1) is 5.92 Å². The molecule has 0 aliphatic heterocycles. The quantitative estimate of drug-likeness (QED) is 0.893. The molecule has 1 aliphatic rings. The first-order chi connectivity index (χ1) is 7.52. The molecule has 2 rings (SSSR count). The Kier molecular flexibility index (Phi) is 3.04. The van der Waals surface area contributed by atoms with Crippen molar-refractivity contribution in [1.82, 2.24) is 0 Å². The summed E-state index contributed by atoms with van der Waals surface area (Å²) in [5.74, 6) is -0.873. The minimum Gasteiger partial charge on any atom is -0.481 e. The van der Waals surface area contributed by atoms with Crippen LogP contribution in [0.15, 0.2) is 28.7 Å². The fourth-order valence-corrected chi connectivity index (χ4v) is 2.28. The van der Waals surface area contributed by atoms with Gasteiger partial charge in [-0.3, -0.25) is 4.79 Å². The Bertz CT molecular complexity index is 397. The van der Waals surface area contributed by atoms with Gasteiger partial charge in [0.2, 0.25) is 0 Å². The largest absolute Gasteiger partial charge is 0.481 e. The van der Waals surface area contributed by atoms with Gasteiger partial charge in [0.1, 0.15) is 5.60 Å². The third-order valence-electron chi connectivity index (χ3n) is 3.02. The van der Waals surface area contributed by atoms with Crippen LogP contribution in [0.3, 0.4) is 0 Å². The van der Waals surface area contributed by atoms with Gasteiger partial charge in [-0.25, -0.2) is 0 Å².